The van der Waals surface area contributed by atoms with Gasteiger partial charge in [0, 0.05) is 56.6 Å². The van der Waals surface area contributed by atoms with Crippen molar-refractivity contribution in [1.82, 2.24) is 9.80 Å². The molecule has 5 heteroatoms. The van der Waals surface area contributed by atoms with Crippen molar-refractivity contribution in [2.75, 3.05) is 44.2 Å². The number of anilines is 1. The van der Waals surface area contributed by atoms with Gasteiger partial charge < -0.3 is 19.4 Å². The number of amides is 1. The first-order valence-corrected chi connectivity index (χ1v) is 11.6. The van der Waals surface area contributed by atoms with E-state index in [2.05, 4.69) is 35.8 Å². The van der Waals surface area contributed by atoms with E-state index in [1.807, 2.05) is 17.0 Å². The van der Waals surface area contributed by atoms with Crippen molar-refractivity contribution in [2.24, 2.45) is 0 Å². The number of carbonyl (C=O) groups is 1. The van der Waals surface area contributed by atoms with E-state index in [0.717, 1.165) is 57.4 Å². The molecule has 3 fully saturated rings. The first-order valence-electron chi connectivity index (χ1n) is 11.6. The Kier molecular flexibility index (Phi) is 6.76. The summed E-state index contributed by atoms with van der Waals surface area (Å²) in [7, 11) is 0. The lowest BCUT2D eigenvalue weighted by Gasteiger charge is -2.38. The summed E-state index contributed by atoms with van der Waals surface area (Å²) in [6.45, 7) is 10.8. The molecule has 1 aromatic carbocycles. The second kappa shape index (κ2) is 9.48. The third kappa shape index (κ3) is 5.13. The number of hydrogen-bond donors (Lipinski definition) is 0. The van der Waals surface area contributed by atoms with E-state index in [0.29, 0.717) is 18.2 Å². The lowest BCUT2D eigenvalue weighted by Crippen LogP contribution is -2.43. The van der Waals surface area contributed by atoms with Crippen LogP contribution in [0.25, 0.3) is 0 Å². The molecule has 0 spiro atoms. The maximum absolute atomic E-state index is 12.5. The molecule has 5 nitrogen and oxygen atoms in total. The van der Waals surface area contributed by atoms with E-state index in [9.17, 15) is 4.79 Å². The molecule has 0 atom stereocenters. The number of nitrogens with zero attached hydrogens (tertiary/aromatic N) is 3. The lowest BCUT2D eigenvalue weighted by molar-refractivity contribution is -0.0540. The first kappa shape index (κ1) is 20.7. The number of hydrogen-bond acceptors (Lipinski definition) is 4. The normalized spacial score (nSPS) is 22.6. The maximum Gasteiger partial charge on any atom is 0.253 e. The van der Waals surface area contributed by atoms with Gasteiger partial charge in [-0.25, -0.2) is 0 Å². The molecule has 0 aromatic heterocycles. The summed E-state index contributed by atoms with van der Waals surface area (Å²) in [5.41, 5.74) is 2.05. The highest BCUT2D eigenvalue weighted by Gasteiger charge is 2.27. The van der Waals surface area contributed by atoms with E-state index in [1.54, 1.807) is 0 Å². The van der Waals surface area contributed by atoms with Gasteiger partial charge in [-0.2, -0.15) is 0 Å². The number of benzene rings is 1. The molecule has 160 valence electrons. The van der Waals surface area contributed by atoms with Crippen LogP contribution in [0.1, 0.15) is 62.7 Å². The molecule has 0 saturated carbocycles. The Labute approximate surface area is 176 Å². The second-order valence-electron chi connectivity index (χ2n) is 9.20. The van der Waals surface area contributed by atoms with Crippen molar-refractivity contribution in [3.63, 3.8) is 0 Å². The highest BCUT2D eigenvalue weighted by Crippen LogP contribution is 2.25. The summed E-state index contributed by atoms with van der Waals surface area (Å²) < 4.78 is 6.45. The van der Waals surface area contributed by atoms with Gasteiger partial charge in [-0.05, 0) is 76.6 Å². The van der Waals surface area contributed by atoms with E-state index >= 15 is 0 Å². The Morgan fingerprint density at radius 1 is 0.862 bits per heavy atom. The van der Waals surface area contributed by atoms with Crippen molar-refractivity contribution in [1.29, 1.82) is 0 Å². The van der Waals surface area contributed by atoms with Crippen LogP contribution in [0, 0.1) is 0 Å². The van der Waals surface area contributed by atoms with Crippen LogP contribution in [-0.4, -0.2) is 73.2 Å². The number of piperidine rings is 2. The summed E-state index contributed by atoms with van der Waals surface area (Å²) in [6, 6.07) is 8.89. The van der Waals surface area contributed by atoms with Gasteiger partial charge >= 0.3 is 0 Å². The minimum absolute atomic E-state index is 0.185. The zero-order valence-corrected chi connectivity index (χ0v) is 18.2. The Bertz CT molecular complexity index is 653. The molecule has 29 heavy (non-hydrogen) atoms. The monoisotopic (exact) mass is 399 g/mol. The molecule has 3 saturated heterocycles. The van der Waals surface area contributed by atoms with E-state index in [-0.39, 0.29) is 5.91 Å². The SMILES string of the molecule is CC(C)N1CCC(OC2CCN(c3ccc(C(=O)N4CCCC4)cc3)CC2)CC1. The first-order chi connectivity index (χ1) is 14.1. The fraction of sp³-hybridized carbons (Fsp3) is 0.708. The number of ether oxygens (including phenoxy) is 1. The highest BCUT2D eigenvalue weighted by molar-refractivity contribution is 5.94. The zero-order chi connectivity index (χ0) is 20.2. The van der Waals surface area contributed by atoms with Gasteiger partial charge in [0.1, 0.15) is 0 Å². The predicted molar refractivity (Wildman–Crippen MR) is 118 cm³/mol. The fourth-order valence-corrected chi connectivity index (χ4v) is 4.97. The van der Waals surface area contributed by atoms with Gasteiger partial charge in [-0.3, -0.25) is 4.79 Å². The summed E-state index contributed by atoms with van der Waals surface area (Å²) in [4.78, 5) is 19.5. The van der Waals surface area contributed by atoms with Gasteiger partial charge in [0.2, 0.25) is 0 Å². The van der Waals surface area contributed by atoms with Gasteiger partial charge in [-0.15, -0.1) is 0 Å². The number of likely N-dealkylation sites (tertiary alicyclic amines) is 2. The van der Waals surface area contributed by atoms with Gasteiger partial charge in [0.15, 0.2) is 0 Å². The summed E-state index contributed by atoms with van der Waals surface area (Å²) in [5.74, 6) is 0.185. The highest BCUT2D eigenvalue weighted by atomic mass is 16.5. The van der Waals surface area contributed by atoms with Gasteiger partial charge in [0.05, 0.1) is 12.2 Å². The second-order valence-corrected chi connectivity index (χ2v) is 9.20. The molecular formula is C24H37N3O2. The van der Waals surface area contributed by atoms with Crippen LogP contribution in [0.2, 0.25) is 0 Å². The van der Waals surface area contributed by atoms with Crippen LogP contribution < -0.4 is 4.90 Å². The van der Waals surface area contributed by atoms with Crippen molar-refractivity contribution >= 4 is 11.6 Å². The van der Waals surface area contributed by atoms with Crippen molar-refractivity contribution in [3.05, 3.63) is 29.8 Å². The molecule has 0 aliphatic carbocycles. The summed E-state index contributed by atoms with van der Waals surface area (Å²) in [5, 5.41) is 0. The number of carbonyl (C=O) groups excluding carboxylic acids is 1. The largest absolute Gasteiger partial charge is 0.375 e. The van der Waals surface area contributed by atoms with Crippen molar-refractivity contribution in [3.8, 4) is 0 Å². The molecular weight excluding hydrogens is 362 g/mol. The molecule has 1 amide bonds. The van der Waals surface area contributed by atoms with Crippen LogP contribution >= 0.6 is 0 Å². The number of rotatable bonds is 5. The van der Waals surface area contributed by atoms with E-state index in [4.69, 9.17) is 4.74 Å². The molecule has 3 aliphatic rings. The maximum atomic E-state index is 12.5. The minimum atomic E-state index is 0.185. The van der Waals surface area contributed by atoms with Crippen molar-refractivity contribution < 1.29 is 9.53 Å². The third-order valence-electron chi connectivity index (χ3n) is 6.91. The van der Waals surface area contributed by atoms with Gasteiger partial charge in [0.25, 0.3) is 5.91 Å². The van der Waals surface area contributed by atoms with E-state index < -0.39 is 0 Å². The third-order valence-corrected chi connectivity index (χ3v) is 6.91. The topological polar surface area (TPSA) is 36.0 Å². The average molecular weight is 400 g/mol. The Hall–Kier alpha value is -1.59. The molecule has 0 bridgehead atoms. The molecule has 3 heterocycles. The minimum Gasteiger partial charge on any atom is -0.375 e. The molecule has 1 aromatic rings. The average Bonchev–Trinajstić information content (AvgIpc) is 3.29. The quantitative estimate of drug-likeness (QED) is 0.755. The predicted octanol–water partition coefficient (Wildman–Crippen LogP) is 3.78. The fourth-order valence-electron chi connectivity index (χ4n) is 4.97. The Balaban J connectivity index is 1.23. The van der Waals surface area contributed by atoms with E-state index in [1.165, 1.54) is 31.6 Å². The van der Waals surface area contributed by atoms with Crippen LogP contribution in [0.4, 0.5) is 5.69 Å². The van der Waals surface area contributed by atoms with Crippen LogP contribution in [-0.2, 0) is 4.74 Å². The molecule has 3 aliphatic heterocycles. The summed E-state index contributed by atoms with van der Waals surface area (Å²) in [6.07, 6.45) is 7.65. The molecule has 4 rings (SSSR count). The lowest BCUT2D eigenvalue weighted by atomic mass is 10.0. The van der Waals surface area contributed by atoms with Crippen molar-refractivity contribution in [2.45, 2.75) is 70.6 Å². The molecule has 0 unspecified atom stereocenters. The zero-order valence-electron chi connectivity index (χ0n) is 18.2. The van der Waals surface area contributed by atoms with Crippen LogP contribution in [0.5, 0.6) is 0 Å². The van der Waals surface area contributed by atoms with Crippen LogP contribution in [0.15, 0.2) is 24.3 Å². The van der Waals surface area contributed by atoms with Crippen LogP contribution in [0.3, 0.4) is 0 Å². The molecule has 0 radical (unpaired) electrons. The Morgan fingerprint density at radius 2 is 1.41 bits per heavy atom. The standard InChI is InChI=1S/C24H37N3O2/c1-19(2)25-15-9-22(10-16-25)29-23-11-17-26(18-12-23)21-7-5-20(6-8-21)24(28)27-13-3-4-14-27/h5-8,19,22-23H,3-4,9-18H2,1-2H3. The molecule has 0 N–H and O–H groups in total. The summed E-state index contributed by atoms with van der Waals surface area (Å²) >= 11 is 0. The van der Waals surface area contributed by atoms with Gasteiger partial charge in [-0.1, -0.05) is 0 Å². The Morgan fingerprint density at radius 3 is 1.97 bits per heavy atom. The smallest absolute Gasteiger partial charge is 0.253 e.